The number of aromatic nitrogens is 3. The Hall–Kier alpha value is -2.93. The van der Waals surface area contributed by atoms with Gasteiger partial charge in [-0.2, -0.15) is 5.01 Å². The molecular formula is C18H14N4O2S. The molecule has 2 heterocycles. The number of hydrogen-bond donors (Lipinski definition) is 0. The molecule has 4 rings (SSSR count). The first-order valence-corrected chi connectivity index (χ1v) is 8.72. The first-order chi connectivity index (χ1) is 12.2. The van der Waals surface area contributed by atoms with E-state index < -0.39 is 0 Å². The molecule has 7 heteroatoms. The number of carbonyl (C=O) groups excluding carboxylic acids is 2. The summed E-state index contributed by atoms with van der Waals surface area (Å²) in [6, 6.07) is 16.7. The van der Waals surface area contributed by atoms with Crippen LogP contribution in [0.1, 0.15) is 32.1 Å². The molecular weight excluding hydrogens is 336 g/mol. The van der Waals surface area contributed by atoms with Gasteiger partial charge >= 0.3 is 0 Å². The van der Waals surface area contributed by atoms with Crippen LogP contribution >= 0.6 is 11.8 Å². The minimum atomic E-state index is -0.356. The highest BCUT2D eigenvalue weighted by Gasteiger charge is 2.38. The van der Waals surface area contributed by atoms with Crippen molar-refractivity contribution in [2.75, 3.05) is 5.01 Å². The van der Waals surface area contributed by atoms with Crippen LogP contribution in [-0.2, 0) is 5.75 Å². The fourth-order valence-corrected chi connectivity index (χ4v) is 3.66. The molecule has 3 aromatic rings. The highest BCUT2D eigenvalue weighted by Crippen LogP contribution is 2.27. The van der Waals surface area contributed by atoms with Gasteiger partial charge in [-0.1, -0.05) is 54.2 Å². The van der Waals surface area contributed by atoms with E-state index >= 15 is 0 Å². The van der Waals surface area contributed by atoms with Gasteiger partial charge in [0, 0.05) is 5.75 Å². The zero-order valence-corrected chi connectivity index (χ0v) is 14.2. The van der Waals surface area contributed by atoms with Crippen LogP contribution in [0.2, 0.25) is 0 Å². The Balaban J connectivity index is 1.67. The summed E-state index contributed by atoms with van der Waals surface area (Å²) in [5, 5.41) is 9.82. The minimum Gasteiger partial charge on any atom is -0.267 e. The monoisotopic (exact) mass is 350 g/mol. The molecule has 25 heavy (non-hydrogen) atoms. The van der Waals surface area contributed by atoms with Crippen LogP contribution in [0.4, 0.5) is 0 Å². The topological polar surface area (TPSA) is 68.1 Å². The Morgan fingerprint density at radius 1 is 0.880 bits per heavy atom. The quantitative estimate of drug-likeness (QED) is 0.535. The lowest BCUT2D eigenvalue weighted by Crippen LogP contribution is -2.41. The molecule has 0 bridgehead atoms. The first-order valence-electron chi connectivity index (χ1n) is 7.73. The number of rotatable bonds is 4. The van der Waals surface area contributed by atoms with Crippen molar-refractivity contribution in [3.05, 3.63) is 77.1 Å². The molecule has 2 amide bonds. The molecule has 0 spiro atoms. The van der Waals surface area contributed by atoms with Crippen LogP contribution in [0.25, 0.3) is 0 Å². The van der Waals surface area contributed by atoms with Gasteiger partial charge in [0.05, 0.1) is 11.1 Å². The van der Waals surface area contributed by atoms with Gasteiger partial charge < -0.3 is 0 Å². The molecule has 1 aromatic heterocycles. The summed E-state index contributed by atoms with van der Waals surface area (Å²) in [7, 11) is 0. The normalized spacial score (nSPS) is 13.4. The number of benzene rings is 2. The number of fused-ring (bicyclic) bond motifs is 1. The summed E-state index contributed by atoms with van der Waals surface area (Å²) in [5.74, 6) is 0.447. The molecule has 0 unspecified atom stereocenters. The maximum atomic E-state index is 12.7. The number of aryl methyl sites for hydroxylation is 1. The fourth-order valence-electron chi connectivity index (χ4n) is 2.74. The van der Waals surface area contributed by atoms with Crippen molar-refractivity contribution in [2.24, 2.45) is 0 Å². The molecule has 0 saturated heterocycles. The smallest absolute Gasteiger partial charge is 0.267 e. The van der Waals surface area contributed by atoms with Crippen LogP contribution in [0, 0.1) is 6.92 Å². The molecule has 124 valence electrons. The predicted molar refractivity (Wildman–Crippen MR) is 94.1 cm³/mol. The van der Waals surface area contributed by atoms with Crippen molar-refractivity contribution in [2.45, 2.75) is 17.8 Å². The van der Waals surface area contributed by atoms with E-state index in [1.54, 1.807) is 31.2 Å². The second kappa shape index (κ2) is 6.18. The molecule has 0 fully saturated rings. The van der Waals surface area contributed by atoms with Gasteiger partial charge in [-0.3, -0.25) is 9.59 Å². The van der Waals surface area contributed by atoms with Gasteiger partial charge in [-0.25, -0.2) is 4.68 Å². The number of thioether (sulfide) groups is 1. The van der Waals surface area contributed by atoms with Gasteiger partial charge in [0.15, 0.2) is 5.82 Å². The summed E-state index contributed by atoms with van der Waals surface area (Å²) < 4.78 is 1.50. The second-order valence-electron chi connectivity index (χ2n) is 5.58. The van der Waals surface area contributed by atoms with Crippen molar-refractivity contribution in [1.82, 2.24) is 14.9 Å². The van der Waals surface area contributed by atoms with Crippen molar-refractivity contribution in [1.29, 1.82) is 0 Å². The lowest BCUT2D eigenvalue weighted by Gasteiger charge is -2.17. The standard InChI is InChI=1S/C18H14N4O2S/c1-12-19-20-18(25-11-13-7-3-2-4-8-13)21(12)22-16(23)14-9-5-6-10-15(14)17(22)24/h2-10H,11H2,1H3. The van der Waals surface area contributed by atoms with Crippen molar-refractivity contribution < 1.29 is 9.59 Å². The lowest BCUT2D eigenvalue weighted by atomic mass is 10.1. The second-order valence-corrected chi connectivity index (χ2v) is 6.53. The average Bonchev–Trinajstić information content (AvgIpc) is 3.12. The molecule has 0 atom stereocenters. The van der Waals surface area contributed by atoms with Crippen LogP contribution in [0.3, 0.4) is 0 Å². The molecule has 6 nitrogen and oxygen atoms in total. The van der Waals surface area contributed by atoms with E-state index in [2.05, 4.69) is 10.2 Å². The third-order valence-corrected chi connectivity index (χ3v) is 4.94. The molecule has 1 aliphatic rings. The van der Waals surface area contributed by atoms with E-state index in [-0.39, 0.29) is 11.8 Å². The largest absolute Gasteiger partial charge is 0.281 e. The van der Waals surface area contributed by atoms with E-state index in [1.165, 1.54) is 16.4 Å². The van der Waals surface area contributed by atoms with E-state index in [1.807, 2.05) is 30.3 Å². The average molecular weight is 350 g/mol. The summed E-state index contributed by atoms with van der Waals surface area (Å²) >= 11 is 1.43. The molecule has 2 aromatic carbocycles. The van der Waals surface area contributed by atoms with Crippen molar-refractivity contribution >= 4 is 23.6 Å². The summed E-state index contributed by atoms with van der Waals surface area (Å²) in [6.45, 7) is 1.73. The summed E-state index contributed by atoms with van der Waals surface area (Å²) in [5.41, 5.74) is 1.93. The maximum Gasteiger partial charge on any atom is 0.281 e. The summed E-state index contributed by atoms with van der Waals surface area (Å²) in [4.78, 5) is 25.4. The predicted octanol–water partition coefficient (Wildman–Crippen LogP) is 2.81. The number of imide groups is 1. The SMILES string of the molecule is Cc1nnc(SCc2ccccc2)n1N1C(=O)c2ccccc2C1=O. The highest BCUT2D eigenvalue weighted by atomic mass is 32.2. The van der Waals surface area contributed by atoms with Gasteiger partial charge in [-0.15, -0.1) is 10.2 Å². The third-order valence-electron chi connectivity index (χ3n) is 3.95. The van der Waals surface area contributed by atoms with Crippen LogP contribution in [-0.4, -0.2) is 26.7 Å². The molecule has 0 saturated carbocycles. The highest BCUT2D eigenvalue weighted by molar-refractivity contribution is 7.98. The van der Waals surface area contributed by atoms with Gasteiger partial charge in [0.1, 0.15) is 0 Å². The molecule has 0 aliphatic carbocycles. The van der Waals surface area contributed by atoms with Crippen LogP contribution < -0.4 is 5.01 Å². The zero-order valence-electron chi connectivity index (χ0n) is 13.4. The Bertz CT molecular complexity index is 933. The van der Waals surface area contributed by atoms with E-state index in [0.29, 0.717) is 27.9 Å². The Labute approximate surface area is 148 Å². The van der Waals surface area contributed by atoms with Crippen LogP contribution in [0.15, 0.2) is 59.8 Å². The van der Waals surface area contributed by atoms with E-state index in [9.17, 15) is 9.59 Å². The number of carbonyl (C=O) groups is 2. The molecule has 0 N–H and O–H groups in total. The number of amides is 2. The van der Waals surface area contributed by atoms with E-state index in [0.717, 1.165) is 10.6 Å². The van der Waals surface area contributed by atoms with Crippen LogP contribution in [0.5, 0.6) is 0 Å². The Kier molecular flexibility index (Phi) is 3.85. The fraction of sp³-hybridized carbons (Fsp3) is 0.111. The summed E-state index contributed by atoms with van der Waals surface area (Å²) in [6.07, 6.45) is 0. The van der Waals surface area contributed by atoms with Gasteiger partial charge in [0.25, 0.3) is 11.8 Å². The number of hydrogen-bond acceptors (Lipinski definition) is 5. The first kappa shape index (κ1) is 15.6. The van der Waals surface area contributed by atoms with E-state index in [4.69, 9.17) is 0 Å². The van der Waals surface area contributed by atoms with Gasteiger partial charge in [0.2, 0.25) is 5.16 Å². The zero-order chi connectivity index (χ0) is 17.4. The molecule has 0 radical (unpaired) electrons. The number of nitrogens with zero attached hydrogens (tertiary/aromatic N) is 4. The Morgan fingerprint density at radius 3 is 2.12 bits per heavy atom. The Morgan fingerprint density at radius 2 is 1.48 bits per heavy atom. The lowest BCUT2D eigenvalue weighted by molar-refractivity contribution is 0.0880. The molecule has 1 aliphatic heterocycles. The van der Waals surface area contributed by atoms with Gasteiger partial charge in [-0.05, 0) is 24.6 Å². The third kappa shape index (κ3) is 2.62. The van der Waals surface area contributed by atoms with Crippen molar-refractivity contribution in [3.8, 4) is 0 Å². The maximum absolute atomic E-state index is 12.7. The van der Waals surface area contributed by atoms with Crippen molar-refractivity contribution in [3.63, 3.8) is 0 Å². The minimum absolute atomic E-state index is 0.356.